The highest BCUT2D eigenvalue weighted by atomic mass is 32.1. The topological polar surface area (TPSA) is 87.1 Å². The molecule has 1 rings (SSSR count). The number of nitrogens with zero attached hydrogens (tertiary/aromatic N) is 2. The monoisotopic (exact) mass is 300 g/mol. The van der Waals surface area contributed by atoms with Gasteiger partial charge in [-0.05, 0) is 12.8 Å². The van der Waals surface area contributed by atoms with Crippen LogP contribution >= 0.6 is 11.3 Å². The normalized spacial score (nSPS) is 12.2. The first-order valence-corrected chi connectivity index (χ1v) is 8.02. The highest BCUT2D eigenvalue weighted by Gasteiger charge is 2.09. The third kappa shape index (κ3) is 6.81. The summed E-state index contributed by atoms with van der Waals surface area (Å²) >= 11 is 1.40. The number of aromatic nitrogens is 2. The van der Waals surface area contributed by atoms with Gasteiger partial charge in [0.2, 0.25) is 5.13 Å². The van der Waals surface area contributed by atoms with Crippen molar-refractivity contribution in [1.82, 2.24) is 15.5 Å². The van der Waals surface area contributed by atoms with E-state index in [1.807, 2.05) is 6.92 Å². The Morgan fingerprint density at radius 1 is 1.30 bits per heavy atom. The molecule has 1 atom stereocenters. The zero-order valence-corrected chi connectivity index (χ0v) is 13.0. The van der Waals surface area contributed by atoms with Crippen molar-refractivity contribution in [3.63, 3.8) is 0 Å². The number of unbranched alkanes of at least 4 members (excludes halogenated alkanes) is 2. The van der Waals surface area contributed by atoms with Crippen molar-refractivity contribution >= 4 is 22.5 Å². The minimum absolute atomic E-state index is 0.252. The van der Waals surface area contributed by atoms with Gasteiger partial charge in [0, 0.05) is 13.0 Å². The molecule has 1 aromatic heterocycles. The molecule has 6 nitrogen and oxygen atoms in total. The fourth-order valence-electron chi connectivity index (χ4n) is 1.72. The largest absolute Gasteiger partial charge is 0.391 e. The van der Waals surface area contributed by atoms with E-state index in [9.17, 15) is 9.90 Å². The molecule has 0 bridgehead atoms. The lowest BCUT2D eigenvalue weighted by Gasteiger charge is -2.10. The zero-order chi connectivity index (χ0) is 14.8. The van der Waals surface area contributed by atoms with Crippen LogP contribution in [0.5, 0.6) is 0 Å². The fraction of sp³-hybridized carbons (Fsp3) is 0.769. The summed E-state index contributed by atoms with van der Waals surface area (Å²) in [5.74, 6) is 0. The van der Waals surface area contributed by atoms with Crippen molar-refractivity contribution in [3.8, 4) is 0 Å². The molecule has 1 aromatic rings. The minimum Gasteiger partial charge on any atom is -0.391 e. The third-order valence-electron chi connectivity index (χ3n) is 2.80. The van der Waals surface area contributed by atoms with E-state index in [0.29, 0.717) is 11.6 Å². The number of hydrogen-bond donors (Lipinski definition) is 3. The third-order valence-corrected chi connectivity index (χ3v) is 3.70. The summed E-state index contributed by atoms with van der Waals surface area (Å²) in [6.07, 6.45) is 5.43. The van der Waals surface area contributed by atoms with Crippen LogP contribution in [0.1, 0.15) is 51.0 Å². The van der Waals surface area contributed by atoms with Crippen LogP contribution in [0.4, 0.5) is 9.93 Å². The van der Waals surface area contributed by atoms with Gasteiger partial charge in [-0.2, -0.15) is 0 Å². The van der Waals surface area contributed by atoms with Gasteiger partial charge in [0.1, 0.15) is 5.01 Å². The van der Waals surface area contributed by atoms with Gasteiger partial charge in [-0.25, -0.2) is 4.79 Å². The van der Waals surface area contributed by atoms with Crippen molar-refractivity contribution in [1.29, 1.82) is 0 Å². The molecule has 0 aliphatic heterocycles. The van der Waals surface area contributed by atoms with Crippen molar-refractivity contribution in [2.24, 2.45) is 0 Å². The van der Waals surface area contributed by atoms with Gasteiger partial charge in [-0.3, -0.25) is 5.32 Å². The summed E-state index contributed by atoms with van der Waals surface area (Å²) in [6.45, 7) is 4.40. The van der Waals surface area contributed by atoms with Gasteiger partial charge in [0.25, 0.3) is 0 Å². The average Bonchev–Trinajstić information content (AvgIpc) is 2.85. The fourth-order valence-corrected chi connectivity index (χ4v) is 2.50. The van der Waals surface area contributed by atoms with E-state index in [4.69, 9.17) is 0 Å². The molecule has 0 aliphatic rings. The number of carbonyl (C=O) groups excluding carboxylic acids is 1. The number of urea groups is 1. The second kappa shape index (κ2) is 9.66. The quantitative estimate of drug-likeness (QED) is 0.612. The predicted octanol–water partition coefficient (Wildman–Crippen LogP) is 2.55. The van der Waals surface area contributed by atoms with Crippen molar-refractivity contribution < 1.29 is 9.90 Å². The van der Waals surface area contributed by atoms with Crippen LogP contribution in [-0.2, 0) is 6.42 Å². The summed E-state index contributed by atoms with van der Waals surface area (Å²) in [5.41, 5.74) is 0. The van der Waals surface area contributed by atoms with Gasteiger partial charge in [0.15, 0.2) is 0 Å². The number of carbonyl (C=O) groups is 1. The summed E-state index contributed by atoms with van der Waals surface area (Å²) in [6, 6.07) is -0.351. The highest BCUT2D eigenvalue weighted by Crippen LogP contribution is 2.17. The standard InChI is InChI=1S/C13H24N4O2S/c1-3-5-6-8-11-16-17-13(20-11)15-12(19)14-9-10(18)7-4-2/h10,18H,3-9H2,1-2H3,(H2,14,15,17,19). The van der Waals surface area contributed by atoms with Crippen LogP contribution in [0, 0.1) is 0 Å². The summed E-state index contributed by atoms with van der Waals surface area (Å²) in [4.78, 5) is 11.6. The predicted molar refractivity (Wildman–Crippen MR) is 81.1 cm³/mol. The molecule has 20 heavy (non-hydrogen) atoms. The van der Waals surface area contributed by atoms with E-state index in [1.165, 1.54) is 24.2 Å². The number of aliphatic hydroxyl groups excluding tert-OH is 1. The molecule has 0 saturated carbocycles. The lowest BCUT2D eigenvalue weighted by atomic mass is 10.2. The van der Waals surface area contributed by atoms with Crippen LogP contribution < -0.4 is 10.6 Å². The zero-order valence-electron chi connectivity index (χ0n) is 12.2. The molecule has 1 unspecified atom stereocenters. The van der Waals surface area contributed by atoms with Gasteiger partial charge >= 0.3 is 6.03 Å². The Bertz CT molecular complexity index is 397. The van der Waals surface area contributed by atoms with E-state index < -0.39 is 6.10 Å². The number of amides is 2. The van der Waals surface area contributed by atoms with Crippen LogP contribution in [0.3, 0.4) is 0 Å². The lowest BCUT2D eigenvalue weighted by Crippen LogP contribution is -2.35. The van der Waals surface area contributed by atoms with Crippen molar-refractivity contribution in [2.45, 2.75) is 58.5 Å². The molecule has 1 heterocycles. The molecule has 0 spiro atoms. The maximum atomic E-state index is 11.6. The Morgan fingerprint density at radius 3 is 2.80 bits per heavy atom. The van der Waals surface area contributed by atoms with Crippen LogP contribution in [0.15, 0.2) is 0 Å². The maximum Gasteiger partial charge on any atom is 0.321 e. The van der Waals surface area contributed by atoms with E-state index in [0.717, 1.165) is 24.3 Å². The molecule has 0 aliphatic carbocycles. The maximum absolute atomic E-state index is 11.6. The first-order valence-electron chi connectivity index (χ1n) is 7.21. The van der Waals surface area contributed by atoms with E-state index >= 15 is 0 Å². The Labute approximate surface area is 124 Å². The summed E-state index contributed by atoms with van der Waals surface area (Å²) in [5, 5.41) is 24.2. The van der Waals surface area contributed by atoms with E-state index in [2.05, 4.69) is 27.8 Å². The number of rotatable bonds is 9. The first-order chi connectivity index (χ1) is 9.65. The molecule has 114 valence electrons. The van der Waals surface area contributed by atoms with Crippen LogP contribution in [-0.4, -0.2) is 34.0 Å². The smallest absolute Gasteiger partial charge is 0.321 e. The number of aliphatic hydroxyl groups is 1. The number of aryl methyl sites for hydroxylation is 1. The van der Waals surface area contributed by atoms with Gasteiger partial charge in [-0.1, -0.05) is 44.4 Å². The van der Waals surface area contributed by atoms with E-state index in [-0.39, 0.29) is 12.6 Å². The Hall–Kier alpha value is -1.21. The summed E-state index contributed by atoms with van der Waals surface area (Å²) in [7, 11) is 0. The Morgan fingerprint density at radius 2 is 2.10 bits per heavy atom. The van der Waals surface area contributed by atoms with Gasteiger partial charge < -0.3 is 10.4 Å². The molecule has 0 fully saturated rings. The number of hydrogen-bond acceptors (Lipinski definition) is 5. The Balaban J connectivity index is 2.27. The second-order valence-corrected chi connectivity index (χ2v) is 5.80. The van der Waals surface area contributed by atoms with Crippen molar-refractivity contribution in [3.05, 3.63) is 5.01 Å². The minimum atomic E-state index is -0.496. The first kappa shape index (κ1) is 16.8. The highest BCUT2D eigenvalue weighted by molar-refractivity contribution is 7.15. The summed E-state index contributed by atoms with van der Waals surface area (Å²) < 4.78 is 0. The van der Waals surface area contributed by atoms with Crippen LogP contribution in [0.2, 0.25) is 0 Å². The van der Waals surface area contributed by atoms with Crippen LogP contribution in [0.25, 0.3) is 0 Å². The van der Waals surface area contributed by atoms with Gasteiger partial charge in [-0.15, -0.1) is 10.2 Å². The number of anilines is 1. The number of nitrogens with one attached hydrogen (secondary N) is 2. The Kier molecular flexibility index (Phi) is 8.13. The molecule has 3 N–H and O–H groups in total. The molecule has 2 amide bonds. The lowest BCUT2D eigenvalue weighted by molar-refractivity contribution is 0.162. The molecule has 0 aromatic carbocycles. The van der Waals surface area contributed by atoms with Gasteiger partial charge in [0.05, 0.1) is 6.10 Å². The van der Waals surface area contributed by atoms with E-state index in [1.54, 1.807) is 0 Å². The average molecular weight is 300 g/mol. The SMILES string of the molecule is CCCCCc1nnc(NC(=O)NCC(O)CCC)s1. The molecule has 0 saturated heterocycles. The van der Waals surface area contributed by atoms with Crippen molar-refractivity contribution in [2.75, 3.05) is 11.9 Å². The molecule has 7 heteroatoms. The molecular formula is C13H24N4O2S. The molecule has 0 radical (unpaired) electrons. The second-order valence-electron chi connectivity index (χ2n) is 4.74. The molecular weight excluding hydrogens is 276 g/mol.